The van der Waals surface area contributed by atoms with Gasteiger partial charge in [-0.3, -0.25) is 0 Å². The number of hydrogen-bond acceptors (Lipinski definition) is 0. The van der Waals surface area contributed by atoms with Gasteiger partial charge in [-0.2, -0.15) is 0 Å². The first-order chi connectivity index (χ1) is 8.25. The van der Waals surface area contributed by atoms with Crippen LogP contribution in [0.15, 0.2) is 24.3 Å². The largest absolute Gasteiger partial charge is 0.0683 e. The molecule has 0 bridgehead atoms. The number of hydrogen-bond donors (Lipinski definition) is 0. The minimum Gasteiger partial charge on any atom is -0.0683 e. The van der Waals surface area contributed by atoms with Crippen molar-refractivity contribution in [1.82, 2.24) is 0 Å². The first-order valence-electron chi connectivity index (χ1n) is 7.34. The zero-order valence-electron chi connectivity index (χ0n) is 12.0. The highest BCUT2D eigenvalue weighted by molar-refractivity contribution is 5.25. The van der Waals surface area contributed by atoms with Crippen LogP contribution >= 0.6 is 0 Å². The van der Waals surface area contributed by atoms with E-state index < -0.39 is 0 Å². The van der Waals surface area contributed by atoms with Crippen molar-refractivity contribution in [2.75, 3.05) is 0 Å². The van der Waals surface area contributed by atoms with E-state index in [1.165, 1.54) is 43.2 Å². The maximum atomic E-state index is 2.33. The molecule has 0 nitrogen and oxygen atoms in total. The van der Waals surface area contributed by atoms with Crippen LogP contribution in [0.3, 0.4) is 0 Å². The van der Waals surface area contributed by atoms with Crippen molar-refractivity contribution < 1.29 is 0 Å². The van der Waals surface area contributed by atoms with Crippen LogP contribution < -0.4 is 0 Å². The minimum absolute atomic E-state index is 0.658. The topological polar surface area (TPSA) is 0 Å². The van der Waals surface area contributed by atoms with Crippen LogP contribution in [0, 0.1) is 5.92 Å². The van der Waals surface area contributed by atoms with Crippen molar-refractivity contribution >= 4 is 0 Å². The average Bonchev–Trinajstić information content (AvgIpc) is 2.85. The standard InChI is InChI=1S/C15H22.C2H6/c1-12(2)15-9-7-14(8-10-15)11-13-5-3-4-6-13;1-2/h7-10,12-13H,3-6,11H2,1-2H3;1-2H3. The van der Waals surface area contributed by atoms with E-state index >= 15 is 0 Å². The molecule has 0 N–H and O–H groups in total. The van der Waals surface area contributed by atoms with Crippen molar-refractivity contribution in [1.29, 1.82) is 0 Å². The maximum Gasteiger partial charge on any atom is -0.0219 e. The van der Waals surface area contributed by atoms with E-state index in [-0.39, 0.29) is 0 Å². The Morgan fingerprint density at radius 3 is 2.00 bits per heavy atom. The summed E-state index contributed by atoms with van der Waals surface area (Å²) >= 11 is 0. The molecule has 1 fully saturated rings. The monoisotopic (exact) mass is 232 g/mol. The van der Waals surface area contributed by atoms with Gasteiger partial charge in [0.1, 0.15) is 0 Å². The van der Waals surface area contributed by atoms with E-state index in [0.29, 0.717) is 5.92 Å². The Balaban J connectivity index is 0.000000686. The van der Waals surface area contributed by atoms with E-state index in [1.54, 1.807) is 0 Å². The molecule has 0 heterocycles. The summed E-state index contributed by atoms with van der Waals surface area (Å²) in [7, 11) is 0. The Hall–Kier alpha value is -0.780. The third-order valence-corrected chi connectivity index (χ3v) is 3.65. The van der Waals surface area contributed by atoms with Gasteiger partial charge in [0.2, 0.25) is 0 Å². The molecule has 96 valence electrons. The number of benzene rings is 1. The Labute approximate surface area is 107 Å². The van der Waals surface area contributed by atoms with Crippen LogP contribution in [0.1, 0.15) is 70.4 Å². The summed E-state index contributed by atoms with van der Waals surface area (Å²) in [5.41, 5.74) is 3.00. The van der Waals surface area contributed by atoms with Crippen molar-refractivity contribution in [2.24, 2.45) is 5.92 Å². The van der Waals surface area contributed by atoms with Crippen molar-refractivity contribution in [3.63, 3.8) is 0 Å². The van der Waals surface area contributed by atoms with Gasteiger partial charge in [-0.05, 0) is 29.4 Å². The zero-order valence-corrected chi connectivity index (χ0v) is 12.0. The highest BCUT2D eigenvalue weighted by Crippen LogP contribution is 2.28. The van der Waals surface area contributed by atoms with Crippen LogP contribution in [0.2, 0.25) is 0 Å². The van der Waals surface area contributed by atoms with Crippen LogP contribution in [-0.2, 0) is 6.42 Å². The van der Waals surface area contributed by atoms with E-state index in [0.717, 1.165) is 5.92 Å². The molecule has 1 saturated carbocycles. The molecule has 0 amide bonds. The smallest absolute Gasteiger partial charge is 0.0219 e. The highest BCUT2D eigenvalue weighted by Gasteiger charge is 2.15. The predicted octanol–water partition coefficient (Wildman–Crippen LogP) is 5.57. The van der Waals surface area contributed by atoms with Gasteiger partial charge in [0.25, 0.3) is 0 Å². The SMILES string of the molecule is CC.CC(C)c1ccc(CC2CCCC2)cc1. The second kappa shape index (κ2) is 7.53. The van der Waals surface area contributed by atoms with Gasteiger partial charge >= 0.3 is 0 Å². The summed E-state index contributed by atoms with van der Waals surface area (Å²) in [6.45, 7) is 8.51. The highest BCUT2D eigenvalue weighted by atomic mass is 14.2. The first-order valence-corrected chi connectivity index (χ1v) is 7.34. The average molecular weight is 232 g/mol. The quantitative estimate of drug-likeness (QED) is 0.639. The van der Waals surface area contributed by atoms with Crippen LogP contribution in [-0.4, -0.2) is 0 Å². The number of rotatable bonds is 3. The summed E-state index contributed by atoms with van der Waals surface area (Å²) in [5, 5.41) is 0. The van der Waals surface area contributed by atoms with E-state index in [9.17, 15) is 0 Å². The molecule has 0 spiro atoms. The van der Waals surface area contributed by atoms with E-state index in [2.05, 4.69) is 38.1 Å². The lowest BCUT2D eigenvalue weighted by Crippen LogP contribution is -1.98. The van der Waals surface area contributed by atoms with Gasteiger partial charge in [-0.1, -0.05) is 77.6 Å². The summed E-state index contributed by atoms with van der Waals surface area (Å²) in [6, 6.07) is 9.26. The molecule has 0 radical (unpaired) electrons. The fourth-order valence-corrected chi connectivity index (χ4v) is 2.59. The second-order valence-corrected chi connectivity index (χ2v) is 5.25. The van der Waals surface area contributed by atoms with Crippen LogP contribution in [0.5, 0.6) is 0 Å². The van der Waals surface area contributed by atoms with Crippen molar-refractivity contribution in [3.8, 4) is 0 Å². The van der Waals surface area contributed by atoms with E-state index in [1.807, 2.05) is 13.8 Å². The molecule has 17 heavy (non-hydrogen) atoms. The van der Waals surface area contributed by atoms with Gasteiger partial charge < -0.3 is 0 Å². The Morgan fingerprint density at radius 2 is 1.53 bits per heavy atom. The molecule has 1 aliphatic carbocycles. The minimum atomic E-state index is 0.658. The van der Waals surface area contributed by atoms with Crippen LogP contribution in [0.25, 0.3) is 0 Å². The predicted molar refractivity (Wildman–Crippen MR) is 77.5 cm³/mol. The lowest BCUT2D eigenvalue weighted by atomic mass is 9.95. The molecule has 1 aliphatic rings. The molecule has 0 aliphatic heterocycles. The fourth-order valence-electron chi connectivity index (χ4n) is 2.59. The van der Waals surface area contributed by atoms with Crippen LogP contribution in [0.4, 0.5) is 0 Å². The van der Waals surface area contributed by atoms with Crippen molar-refractivity contribution in [3.05, 3.63) is 35.4 Å². The van der Waals surface area contributed by atoms with Gasteiger partial charge in [0, 0.05) is 0 Å². The Bertz CT molecular complexity index is 288. The third kappa shape index (κ3) is 4.53. The van der Waals surface area contributed by atoms with Gasteiger partial charge in [0.15, 0.2) is 0 Å². The molecular formula is C17H28. The summed E-state index contributed by atoms with van der Waals surface area (Å²) < 4.78 is 0. The second-order valence-electron chi connectivity index (χ2n) is 5.25. The van der Waals surface area contributed by atoms with Gasteiger partial charge in [0.05, 0.1) is 0 Å². The lowest BCUT2D eigenvalue weighted by molar-refractivity contribution is 0.546. The molecule has 2 rings (SSSR count). The molecule has 1 aromatic carbocycles. The molecular weight excluding hydrogens is 204 g/mol. The molecule has 0 heteroatoms. The molecule has 0 unspecified atom stereocenters. The van der Waals surface area contributed by atoms with Gasteiger partial charge in [-0.15, -0.1) is 0 Å². The van der Waals surface area contributed by atoms with Gasteiger partial charge in [-0.25, -0.2) is 0 Å². The van der Waals surface area contributed by atoms with Crippen molar-refractivity contribution in [2.45, 2.75) is 65.7 Å². The molecule has 1 aromatic rings. The maximum absolute atomic E-state index is 2.33. The summed E-state index contributed by atoms with van der Waals surface area (Å²) in [5.74, 6) is 1.63. The first kappa shape index (κ1) is 14.3. The summed E-state index contributed by atoms with van der Waals surface area (Å²) in [6.07, 6.45) is 7.11. The Kier molecular flexibility index (Phi) is 6.32. The Morgan fingerprint density at radius 1 is 1.00 bits per heavy atom. The zero-order chi connectivity index (χ0) is 12.7. The van der Waals surface area contributed by atoms with E-state index in [4.69, 9.17) is 0 Å². The fraction of sp³-hybridized carbons (Fsp3) is 0.647. The lowest BCUT2D eigenvalue weighted by Gasteiger charge is -2.10. The normalized spacial score (nSPS) is 15.8. The molecule has 0 aromatic heterocycles. The molecule has 0 saturated heterocycles. The molecule has 0 atom stereocenters. The third-order valence-electron chi connectivity index (χ3n) is 3.65. The summed E-state index contributed by atoms with van der Waals surface area (Å²) in [4.78, 5) is 0.